The zero-order chi connectivity index (χ0) is 11.3. The molecule has 1 aliphatic heterocycles. The standard InChI is InChI=1S/C11H21NO3/c1-4-12(8-11(13)14-3)7-10-6-5-9(2)15-10/h9-10H,4-8H2,1-3H3. The molecule has 1 fully saturated rings. The molecule has 0 saturated carbocycles. The van der Waals surface area contributed by atoms with Crippen LogP contribution in [-0.2, 0) is 14.3 Å². The van der Waals surface area contributed by atoms with Crippen LogP contribution in [0.5, 0.6) is 0 Å². The fourth-order valence-corrected chi connectivity index (χ4v) is 1.86. The molecule has 0 N–H and O–H groups in total. The summed E-state index contributed by atoms with van der Waals surface area (Å²) >= 11 is 0. The van der Waals surface area contributed by atoms with Gasteiger partial charge in [0.2, 0.25) is 0 Å². The summed E-state index contributed by atoms with van der Waals surface area (Å²) < 4.78 is 10.4. The molecular formula is C11H21NO3. The zero-order valence-electron chi connectivity index (χ0n) is 9.86. The average Bonchev–Trinajstić information content (AvgIpc) is 2.62. The summed E-state index contributed by atoms with van der Waals surface area (Å²) in [5, 5.41) is 0. The third-order valence-electron chi connectivity index (χ3n) is 2.81. The van der Waals surface area contributed by atoms with Crippen molar-refractivity contribution in [3.63, 3.8) is 0 Å². The van der Waals surface area contributed by atoms with Crippen LogP contribution in [0.1, 0.15) is 26.7 Å². The van der Waals surface area contributed by atoms with E-state index in [9.17, 15) is 4.79 Å². The van der Waals surface area contributed by atoms with E-state index in [1.807, 2.05) is 6.92 Å². The van der Waals surface area contributed by atoms with Gasteiger partial charge in [0.05, 0.1) is 25.9 Å². The van der Waals surface area contributed by atoms with Gasteiger partial charge < -0.3 is 9.47 Å². The number of methoxy groups -OCH3 is 1. The topological polar surface area (TPSA) is 38.8 Å². The van der Waals surface area contributed by atoms with Crippen molar-refractivity contribution in [3.05, 3.63) is 0 Å². The van der Waals surface area contributed by atoms with Crippen LogP contribution >= 0.6 is 0 Å². The summed E-state index contributed by atoms with van der Waals surface area (Å²) in [7, 11) is 1.42. The smallest absolute Gasteiger partial charge is 0.319 e. The van der Waals surface area contributed by atoms with E-state index in [2.05, 4.69) is 16.6 Å². The Morgan fingerprint density at radius 1 is 1.53 bits per heavy atom. The van der Waals surface area contributed by atoms with E-state index in [0.29, 0.717) is 12.6 Å². The van der Waals surface area contributed by atoms with E-state index in [1.165, 1.54) is 7.11 Å². The molecule has 0 amide bonds. The fraction of sp³-hybridized carbons (Fsp3) is 0.909. The first-order chi connectivity index (χ1) is 7.15. The maximum atomic E-state index is 11.1. The molecule has 15 heavy (non-hydrogen) atoms. The third kappa shape index (κ3) is 4.18. The van der Waals surface area contributed by atoms with Crippen LogP contribution in [0.3, 0.4) is 0 Å². The number of likely N-dealkylation sites (N-methyl/N-ethyl adjacent to an activating group) is 1. The second-order valence-corrected chi connectivity index (χ2v) is 4.05. The minimum Gasteiger partial charge on any atom is -0.468 e. The molecule has 1 rings (SSSR count). The second kappa shape index (κ2) is 6.08. The van der Waals surface area contributed by atoms with Crippen LogP contribution in [0.15, 0.2) is 0 Å². The minimum absolute atomic E-state index is 0.178. The Hall–Kier alpha value is -0.610. The van der Waals surface area contributed by atoms with Gasteiger partial charge in [0.15, 0.2) is 0 Å². The highest BCUT2D eigenvalue weighted by Crippen LogP contribution is 2.19. The van der Waals surface area contributed by atoms with Crippen molar-refractivity contribution in [2.45, 2.75) is 38.9 Å². The zero-order valence-corrected chi connectivity index (χ0v) is 9.86. The molecule has 0 radical (unpaired) electrons. The Morgan fingerprint density at radius 2 is 2.27 bits per heavy atom. The van der Waals surface area contributed by atoms with Gasteiger partial charge in [0, 0.05) is 6.54 Å². The molecule has 0 bridgehead atoms. The highest BCUT2D eigenvalue weighted by Gasteiger charge is 2.24. The molecule has 0 aromatic rings. The first kappa shape index (κ1) is 12.5. The Kier molecular flexibility index (Phi) is 5.05. The lowest BCUT2D eigenvalue weighted by Gasteiger charge is -2.22. The highest BCUT2D eigenvalue weighted by molar-refractivity contribution is 5.71. The van der Waals surface area contributed by atoms with E-state index in [-0.39, 0.29) is 12.1 Å². The van der Waals surface area contributed by atoms with Crippen molar-refractivity contribution in [2.75, 3.05) is 26.7 Å². The van der Waals surface area contributed by atoms with Crippen molar-refractivity contribution < 1.29 is 14.3 Å². The Morgan fingerprint density at radius 3 is 2.73 bits per heavy atom. The summed E-state index contributed by atoms with van der Waals surface area (Å²) in [5.74, 6) is -0.178. The average molecular weight is 215 g/mol. The molecule has 2 unspecified atom stereocenters. The summed E-state index contributed by atoms with van der Waals surface area (Å²) in [6, 6.07) is 0. The summed E-state index contributed by atoms with van der Waals surface area (Å²) in [5.41, 5.74) is 0. The SMILES string of the molecule is CCN(CC(=O)OC)CC1CCC(C)O1. The van der Waals surface area contributed by atoms with Gasteiger partial charge in [0.1, 0.15) is 0 Å². The number of esters is 1. The maximum absolute atomic E-state index is 11.1. The quantitative estimate of drug-likeness (QED) is 0.643. The number of nitrogens with zero attached hydrogens (tertiary/aromatic N) is 1. The lowest BCUT2D eigenvalue weighted by molar-refractivity contribution is -0.142. The van der Waals surface area contributed by atoms with Crippen molar-refractivity contribution in [2.24, 2.45) is 0 Å². The van der Waals surface area contributed by atoms with Crippen LogP contribution in [-0.4, -0.2) is 49.8 Å². The van der Waals surface area contributed by atoms with E-state index < -0.39 is 0 Å². The highest BCUT2D eigenvalue weighted by atomic mass is 16.5. The molecule has 4 heteroatoms. The van der Waals surface area contributed by atoms with Gasteiger partial charge >= 0.3 is 5.97 Å². The molecule has 2 atom stereocenters. The lowest BCUT2D eigenvalue weighted by Crippen LogP contribution is -2.36. The number of ether oxygens (including phenoxy) is 2. The predicted molar refractivity (Wildman–Crippen MR) is 57.7 cm³/mol. The normalized spacial score (nSPS) is 25.9. The van der Waals surface area contributed by atoms with E-state index in [1.54, 1.807) is 0 Å². The van der Waals surface area contributed by atoms with Gasteiger partial charge in [-0.3, -0.25) is 9.69 Å². The first-order valence-corrected chi connectivity index (χ1v) is 5.60. The number of rotatable bonds is 5. The van der Waals surface area contributed by atoms with Gasteiger partial charge in [0.25, 0.3) is 0 Å². The molecule has 1 heterocycles. The van der Waals surface area contributed by atoms with Crippen LogP contribution in [0, 0.1) is 0 Å². The maximum Gasteiger partial charge on any atom is 0.319 e. The number of carbonyl (C=O) groups is 1. The minimum atomic E-state index is -0.178. The fourth-order valence-electron chi connectivity index (χ4n) is 1.86. The van der Waals surface area contributed by atoms with Gasteiger partial charge in [-0.25, -0.2) is 0 Å². The van der Waals surface area contributed by atoms with Crippen molar-refractivity contribution >= 4 is 5.97 Å². The number of hydrogen-bond acceptors (Lipinski definition) is 4. The van der Waals surface area contributed by atoms with Crippen molar-refractivity contribution in [3.8, 4) is 0 Å². The molecular weight excluding hydrogens is 194 g/mol. The van der Waals surface area contributed by atoms with Crippen LogP contribution in [0.4, 0.5) is 0 Å². The molecule has 0 aromatic heterocycles. The molecule has 1 saturated heterocycles. The third-order valence-corrected chi connectivity index (χ3v) is 2.81. The Bertz CT molecular complexity index is 208. The molecule has 1 aliphatic rings. The molecule has 0 aliphatic carbocycles. The first-order valence-electron chi connectivity index (χ1n) is 5.60. The van der Waals surface area contributed by atoms with Gasteiger partial charge in [-0.15, -0.1) is 0 Å². The summed E-state index contributed by atoms with van der Waals surface area (Å²) in [6.07, 6.45) is 2.87. The molecule has 0 spiro atoms. The van der Waals surface area contributed by atoms with Gasteiger partial charge in [-0.1, -0.05) is 6.92 Å². The summed E-state index contributed by atoms with van der Waals surface area (Å²) in [4.78, 5) is 13.2. The van der Waals surface area contributed by atoms with Gasteiger partial charge in [-0.05, 0) is 26.3 Å². The largest absolute Gasteiger partial charge is 0.468 e. The lowest BCUT2D eigenvalue weighted by atomic mass is 10.2. The predicted octanol–water partition coefficient (Wildman–Crippen LogP) is 1.05. The van der Waals surface area contributed by atoms with Crippen molar-refractivity contribution in [1.29, 1.82) is 0 Å². The van der Waals surface area contributed by atoms with E-state index >= 15 is 0 Å². The van der Waals surface area contributed by atoms with Crippen LogP contribution in [0.2, 0.25) is 0 Å². The monoisotopic (exact) mass is 215 g/mol. The Labute approximate surface area is 91.5 Å². The second-order valence-electron chi connectivity index (χ2n) is 4.05. The Balaban J connectivity index is 2.30. The van der Waals surface area contributed by atoms with E-state index in [0.717, 1.165) is 25.9 Å². The van der Waals surface area contributed by atoms with Crippen LogP contribution in [0.25, 0.3) is 0 Å². The van der Waals surface area contributed by atoms with Crippen molar-refractivity contribution in [1.82, 2.24) is 4.90 Å². The summed E-state index contributed by atoms with van der Waals surface area (Å²) in [6.45, 7) is 6.18. The number of hydrogen-bond donors (Lipinski definition) is 0. The van der Waals surface area contributed by atoms with Crippen LogP contribution < -0.4 is 0 Å². The van der Waals surface area contributed by atoms with E-state index in [4.69, 9.17) is 4.74 Å². The number of carbonyl (C=O) groups excluding carboxylic acids is 1. The molecule has 88 valence electrons. The molecule has 4 nitrogen and oxygen atoms in total. The van der Waals surface area contributed by atoms with Gasteiger partial charge in [-0.2, -0.15) is 0 Å². The molecule has 0 aromatic carbocycles.